The van der Waals surface area contributed by atoms with Gasteiger partial charge in [-0.3, -0.25) is 0 Å². The van der Waals surface area contributed by atoms with Crippen molar-refractivity contribution >= 4 is 38.8 Å². The number of aromatic amines is 1. The van der Waals surface area contributed by atoms with Crippen LogP contribution in [0.2, 0.25) is 0 Å². The van der Waals surface area contributed by atoms with Gasteiger partial charge in [0.1, 0.15) is 11.2 Å². The van der Waals surface area contributed by atoms with Crippen LogP contribution in [0.15, 0.2) is 47.0 Å². The van der Waals surface area contributed by atoms with E-state index in [0.717, 1.165) is 21.9 Å². The molecular formula is C15H9NO3. The number of aromatic nitrogens is 1. The molecule has 2 N–H and O–H groups in total. The lowest BCUT2D eigenvalue weighted by Gasteiger charge is -1.95. The van der Waals surface area contributed by atoms with E-state index in [-0.39, 0.29) is 5.56 Å². The predicted molar refractivity (Wildman–Crippen MR) is 72.5 cm³/mol. The van der Waals surface area contributed by atoms with Crippen molar-refractivity contribution in [1.82, 2.24) is 4.98 Å². The number of fused-ring (bicyclic) bond motifs is 5. The zero-order valence-corrected chi connectivity index (χ0v) is 9.81. The highest BCUT2D eigenvalue weighted by molar-refractivity contribution is 6.23. The van der Waals surface area contributed by atoms with Gasteiger partial charge in [-0.25, -0.2) is 4.79 Å². The summed E-state index contributed by atoms with van der Waals surface area (Å²) < 4.78 is 5.76. The summed E-state index contributed by atoms with van der Waals surface area (Å²) in [6.07, 6.45) is 1.52. The molecule has 19 heavy (non-hydrogen) atoms. The van der Waals surface area contributed by atoms with Crippen LogP contribution < -0.4 is 0 Å². The van der Waals surface area contributed by atoms with E-state index >= 15 is 0 Å². The number of carboxylic acids is 1. The van der Waals surface area contributed by atoms with Gasteiger partial charge in [-0.1, -0.05) is 18.2 Å². The molecule has 0 bridgehead atoms. The number of nitrogens with one attached hydrogen (secondary N) is 1. The summed E-state index contributed by atoms with van der Waals surface area (Å²) in [5.74, 6) is -0.941. The van der Waals surface area contributed by atoms with Gasteiger partial charge in [-0.05, 0) is 18.2 Å². The molecule has 0 amide bonds. The second kappa shape index (κ2) is 3.38. The lowest BCUT2D eigenvalue weighted by molar-refractivity contribution is 0.0699. The minimum atomic E-state index is -0.941. The quantitative estimate of drug-likeness (QED) is 0.541. The maximum atomic E-state index is 11.3. The Morgan fingerprint density at radius 2 is 1.89 bits per heavy atom. The van der Waals surface area contributed by atoms with E-state index in [4.69, 9.17) is 4.42 Å². The Hall–Kier alpha value is -2.75. The van der Waals surface area contributed by atoms with Crippen molar-refractivity contribution in [1.29, 1.82) is 0 Å². The van der Waals surface area contributed by atoms with E-state index in [1.165, 1.54) is 6.20 Å². The number of rotatable bonds is 1. The van der Waals surface area contributed by atoms with Crippen LogP contribution in [0, 0.1) is 0 Å². The number of para-hydroxylation sites is 1. The molecule has 92 valence electrons. The Kier molecular flexibility index (Phi) is 1.82. The van der Waals surface area contributed by atoms with Crippen molar-refractivity contribution in [3.63, 3.8) is 0 Å². The number of aromatic carboxylic acids is 1. The average molecular weight is 251 g/mol. The van der Waals surface area contributed by atoms with Gasteiger partial charge >= 0.3 is 5.97 Å². The maximum Gasteiger partial charge on any atom is 0.337 e. The minimum absolute atomic E-state index is 0.271. The normalized spacial score (nSPS) is 11.6. The third-order valence-corrected chi connectivity index (χ3v) is 3.42. The smallest absolute Gasteiger partial charge is 0.337 e. The van der Waals surface area contributed by atoms with Gasteiger partial charge in [0.15, 0.2) is 0 Å². The van der Waals surface area contributed by atoms with Gasteiger partial charge in [0.2, 0.25) is 0 Å². The van der Waals surface area contributed by atoms with E-state index in [1.54, 1.807) is 0 Å². The Morgan fingerprint density at radius 1 is 1.05 bits per heavy atom. The SMILES string of the molecule is O=C(O)c1c[nH]c2ccc3oc4ccccc4c3c12. The van der Waals surface area contributed by atoms with Crippen LogP contribution in [0.3, 0.4) is 0 Å². The lowest BCUT2D eigenvalue weighted by Crippen LogP contribution is -1.93. The van der Waals surface area contributed by atoms with Gasteiger partial charge in [-0.15, -0.1) is 0 Å². The number of carboxylic acid groups (broad SMARTS) is 1. The van der Waals surface area contributed by atoms with E-state index in [1.807, 2.05) is 36.4 Å². The number of H-pyrrole nitrogens is 1. The third kappa shape index (κ3) is 1.25. The Balaban J connectivity index is 2.34. The molecule has 0 aliphatic rings. The fourth-order valence-electron chi connectivity index (χ4n) is 2.61. The number of carbonyl (C=O) groups is 1. The first kappa shape index (κ1) is 10.2. The summed E-state index contributed by atoms with van der Waals surface area (Å²) in [6.45, 7) is 0. The van der Waals surface area contributed by atoms with Gasteiger partial charge in [-0.2, -0.15) is 0 Å². The van der Waals surface area contributed by atoms with Crippen LogP contribution in [0.4, 0.5) is 0 Å². The predicted octanol–water partition coefficient (Wildman–Crippen LogP) is 3.77. The first-order valence-electron chi connectivity index (χ1n) is 5.90. The van der Waals surface area contributed by atoms with E-state index < -0.39 is 5.97 Å². The lowest BCUT2D eigenvalue weighted by atomic mass is 10.1. The summed E-state index contributed by atoms with van der Waals surface area (Å²) in [4.78, 5) is 14.3. The van der Waals surface area contributed by atoms with Crippen LogP contribution in [0.5, 0.6) is 0 Å². The van der Waals surface area contributed by atoms with Crippen molar-refractivity contribution in [2.45, 2.75) is 0 Å². The van der Waals surface area contributed by atoms with Crippen LogP contribution in [-0.4, -0.2) is 16.1 Å². The molecule has 4 heteroatoms. The van der Waals surface area contributed by atoms with Crippen LogP contribution in [0.25, 0.3) is 32.8 Å². The number of benzene rings is 2. The molecule has 2 heterocycles. The van der Waals surface area contributed by atoms with Crippen molar-refractivity contribution in [3.8, 4) is 0 Å². The summed E-state index contributed by atoms with van der Waals surface area (Å²) in [5, 5.41) is 11.8. The summed E-state index contributed by atoms with van der Waals surface area (Å²) in [5.41, 5.74) is 2.54. The molecule has 0 fully saturated rings. The second-order valence-corrected chi connectivity index (χ2v) is 4.47. The molecule has 4 nitrogen and oxygen atoms in total. The first-order chi connectivity index (χ1) is 9.25. The van der Waals surface area contributed by atoms with Crippen molar-refractivity contribution in [3.05, 3.63) is 48.2 Å². The minimum Gasteiger partial charge on any atom is -0.478 e. The highest BCUT2D eigenvalue weighted by Crippen LogP contribution is 2.35. The highest BCUT2D eigenvalue weighted by Gasteiger charge is 2.17. The number of hydrogen-bond acceptors (Lipinski definition) is 2. The van der Waals surface area contributed by atoms with Crippen LogP contribution in [-0.2, 0) is 0 Å². The molecule has 0 aliphatic carbocycles. The zero-order chi connectivity index (χ0) is 13.0. The fraction of sp³-hybridized carbons (Fsp3) is 0. The molecule has 0 atom stereocenters. The summed E-state index contributed by atoms with van der Waals surface area (Å²) >= 11 is 0. The molecule has 0 spiro atoms. The monoisotopic (exact) mass is 251 g/mol. The molecular weight excluding hydrogens is 242 g/mol. The fourth-order valence-corrected chi connectivity index (χ4v) is 2.61. The highest BCUT2D eigenvalue weighted by atomic mass is 16.4. The molecule has 0 aliphatic heterocycles. The number of furan rings is 1. The largest absolute Gasteiger partial charge is 0.478 e. The van der Waals surface area contributed by atoms with Crippen LogP contribution >= 0.6 is 0 Å². The first-order valence-corrected chi connectivity index (χ1v) is 5.90. The van der Waals surface area contributed by atoms with E-state index in [0.29, 0.717) is 11.0 Å². The molecule has 0 saturated carbocycles. The van der Waals surface area contributed by atoms with Crippen molar-refractivity contribution in [2.75, 3.05) is 0 Å². The maximum absolute atomic E-state index is 11.3. The van der Waals surface area contributed by atoms with Gasteiger partial charge < -0.3 is 14.5 Å². The Labute approximate surface area is 107 Å². The van der Waals surface area contributed by atoms with Gasteiger partial charge in [0.05, 0.1) is 5.56 Å². The summed E-state index contributed by atoms with van der Waals surface area (Å²) in [7, 11) is 0. The van der Waals surface area contributed by atoms with Crippen molar-refractivity contribution < 1.29 is 14.3 Å². The summed E-state index contributed by atoms with van der Waals surface area (Å²) in [6, 6.07) is 11.3. The molecule has 4 aromatic rings. The molecule has 2 aromatic carbocycles. The molecule has 0 unspecified atom stereocenters. The van der Waals surface area contributed by atoms with Crippen LogP contribution in [0.1, 0.15) is 10.4 Å². The average Bonchev–Trinajstić information content (AvgIpc) is 2.98. The molecule has 4 rings (SSSR count). The topological polar surface area (TPSA) is 66.2 Å². The van der Waals surface area contributed by atoms with Gasteiger partial charge in [0, 0.05) is 27.9 Å². The Bertz CT molecular complexity index is 946. The van der Waals surface area contributed by atoms with Crippen molar-refractivity contribution in [2.24, 2.45) is 0 Å². The van der Waals surface area contributed by atoms with E-state index in [9.17, 15) is 9.90 Å². The zero-order valence-electron chi connectivity index (χ0n) is 9.81. The molecule has 0 saturated heterocycles. The standard InChI is InChI=1S/C15H9NO3/c17-15(18)9-7-16-10-5-6-12-14(13(9)10)8-3-1-2-4-11(8)19-12/h1-7,16H,(H,17,18). The van der Waals surface area contributed by atoms with Gasteiger partial charge in [0.25, 0.3) is 0 Å². The second-order valence-electron chi connectivity index (χ2n) is 4.47. The third-order valence-electron chi connectivity index (χ3n) is 3.42. The Morgan fingerprint density at radius 3 is 2.74 bits per heavy atom. The number of hydrogen-bond donors (Lipinski definition) is 2. The molecule has 2 aromatic heterocycles. The van der Waals surface area contributed by atoms with E-state index in [2.05, 4.69) is 4.98 Å². The molecule has 0 radical (unpaired) electrons.